The Morgan fingerprint density at radius 3 is 2.90 bits per heavy atom. The highest BCUT2D eigenvalue weighted by atomic mass is 32.2. The van der Waals surface area contributed by atoms with Gasteiger partial charge >= 0.3 is 0 Å². The molecule has 1 atom stereocenters. The van der Waals surface area contributed by atoms with Crippen LogP contribution in [0.5, 0.6) is 5.75 Å². The quantitative estimate of drug-likeness (QED) is 0.623. The van der Waals surface area contributed by atoms with Gasteiger partial charge in [-0.3, -0.25) is 9.89 Å². The van der Waals surface area contributed by atoms with Crippen molar-refractivity contribution < 1.29 is 17.9 Å². The number of aromatic amines is 1. The summed E-state index contributed by atoms with van der Waals surface area (Å²) < 4.78 is 32.6. The maximum atomic E-state index is 12.8. The fourth-order valence-electron chi connectivity index (χ4n) is 3.42. The van der Waals surface area contributed by atoms with Crippen LogP contribution in [0.1, 0.15) is 12.8 Å². The first kappa shape index (κ1) is 19.6. The minimum Gasteiger partial charge on any atom is -0.496 e. The molecule has 0 aliphatic carbocycles. The second-order valence-corrected chi connectivity index (χ2v) is 9.63. The summed E-state index contributed by atoms with van der Waals surface area (Å²) in [4.78, 5) is 12.8. The molecule has 4 rings (SSSR count). The van der Waals surface area contributed by atoms with Crippen molar-refractivity contribution >= 4 is 33.1 Å². The number of hydrogen-bond acceptors (Lipinski definition) is 6. The first-order chi connectivity index (χ1) is 14.0. The van der Waals surface area contributed by atoms with E-state index in [2.05, 4.69) is 15.5 Å². The van der Waals surface area contributed by atoms with Crippen molar-refractivity contribution in [2.45, 2.75) is 23.1 Å². The number of sulfonamides is 1. The van der Waals surface area contributed by atoms with Gasteiger partial charge in [-0.1, -0.05) is 18.2 Å². The summed E-state index contributed by atoms with van der Waals surface area (Å²) in [7, 11) is -2.10. The number of nitrogens with zero attached hydrogens (tertiary/aromatic N) is 2. The molecule has 1 aliphatic heterocycles. The van der Waals surface area contributed by atoms with Gasteiger partial charge in [-0.2, -0.15) is 9.40 Å². The van der Waals surface area contributed by atoms with Gasteiger partial charge < -0.3 is 10.1 Å². The van der Waals surface area contributed by atoms with Crippen LogP contribution in [0.2, 0.25) is 0 Å². The van der Waals surface area contributed by atoms with E-state index in [0.717, 1.165) is 16.9 Å². The number of nitrogens with one attached hydrogen (secondary N) is 2. The van der Waals surface area contributed by atoms with Crippen LogP contribution in [0.15, 0.2) is 52.1 Å². The van der Waals surface area contributed by atoms with Crippen LogP contribution >= 0.6 is 11.3 Å². The van der Waals surface area contributed by atoms with Crippen LogP contribution in [0.3, 0.4) is 0 Å². The number of benzene rings is 1. The van der Waals surface area contributed by atoms with Crippen LogP contribution in [0.25, 0.3) is 11.3 Å². The van der Waals surface area contributed by atoms with Crippen molar-refractivity contribution in [2.75, 3.05) is 19.0 Å². The average molecular weight is 433 g/mol. The summed E-state index contributed by atoms with van der Waals surface area (Å²) in [6.45, 7) is 0.325. The summed E-state index contributed by atoms with van der Waals surface area (Å²) in [5.74, 6) is 0.620. The third-order valence-corrected chi connectivity index (χ3v) is 8.07. The zero-order valence-corrected chi connectivity index (χ0v) is 17.3. The molecule has 29 heavy (non-hydrogen) atoms. The summed E-state index contributed by atoms with van der Waals surface area (Å²) >= 11 is 1.15. The predicted octanol–water partition coefficient (Wildman–Crippen LogP) is 2.94. The number of anilines is 1. The van der Waals surface area contributed by atoms with E-state index in [9.17, 15) is 13.2 Å². The first-order valence-electron chi connectivity index (χ1n) is 9.05. The minimum absolute atomic E-state index is 0.246. The molecule has 152 valence electrons. The lowest BCUT2D eigenvalue weighted by atomic mass is 10.1. The van der Waals surface area contributed by atoms with E-state index in [1.807, 2.05) is 24.3 Å². The number of amides is 1. The van der Waals surface area contributed by atoms with Crippen LogP contribution in [-0.4, -0.2) is 48.5 Å². The normalized spacial score (nSPS) is 17.3. The van der Waals surface area contributed by atoms with Gasteiger partial charge in [0.05, 0.1) is 12.8 Å². The monoisotopic (exact) mass is 432 g/mol. The highest BCUT2D eigenvalue weighted by Crippen LogP contribution is 2.31. The molecule has 0 saturated carbocycles. The average Bonchev–Trinajstić information content (AvgIpc) is 3.49. The molecule has 10 heteroatoms. The Kier molecular flexibility index (Phi) is 5.39. The van der Waals surface area contributed by atoms with E-state index >= 15 is 0 Å². The Morgan fingerprint density at radius 1 is 1.31 bits per heavy atom. The number of carbonyl (C=O) groups excluding carboxylic acids is 1. The molecule has 0 radical (unpaired) electrons. The van der Waals surface area contributed by atoms with Gasteiger partial charge in [0.25, 0.3) is 10.0 Å². The van der Waals surface area contributed by atoms with Crippen molar-refractivity contribution in [2.24, 2.45) is 0 Å². The maximum Gasteiger partial charge on any atom is 0.253 e. The molecule has 1 fully saturated rings. The zero-order valence-electron chi connectivity index (χ0n) is 15.7. The Hall–Kier alpha value is -2.69. The second kappa shape index (κ2) is 7.97. The van der Waals surface area contributed by atoms with Gasteiger partial charge in [0.2, 0.25) is 5.91 Å². The van der Waals surface area contributed by atoms with Crippen molar-refractivity contribution in [1.82, 2.24) is 14.5 Å². The van der Waals surface area contributed by atoms with Crippen LogP contribution < -0.4 is 10.1 Å². The third kappa shape index (κ3) is 3.78. The molecule has 1 unspecified atom stereocenters. The highest BCUT2D eigenvalue weighted by Gasteiger charge is 2.40. The fourth-order valence-corrected chi connectivity index (χ4v) is 6.19. The van der Waals surface area contributed by atoms with Gasteiger partial charge in [-0.25, -0.2) is 8.42 Å². The SMILES string of the molecule is COc1ccccc1-c1cc(NC(=O)C2CCCN2S(=O)(=O)c2cccs2)n[nH]1. The van der Waals surface area contributed by atoms with E-state index in [1.54, 1.807) is 30.7 Å². The van der Waals surface area contributed by atoms with Crippen LogP contribution in [0.4, 0.5) is 5.82 Å². The number of rotatable bonds is 6. The molecule has 3 aromatic rings. The molecule has 8 nitrogen and oxygen atoms in total. The lowest BCUT2D eigenvalue weighted by molar-refractivity contribution is -0.119. The number of H-pyrrole nitrogens is 1. The number of para-hydroxylation sites is 1. The van der Waals surface area contributed by atoms with Crippen molar-refractivity contribution in [3.05, 3.63) is 47.8 Å². The molecule has 1 amide bonds. The van der Waals surface area contributed by atoms with Crippen molar-refractivity contribution in [3.8, 4) is 17.0 Å². The number of carbonyl (C=O) groups is 1. The van der Waals surface area contributed by atoms with Crippen molar-refractivity contribution in [3.63, 3.8) is 0 Å². The van der Waals surface area contributed by atoms with E-state index in [1.165, 1.54) is 4.31 Å². The Balaban J connectivity index is 1.52. The molecule has 0 spiro atoms. The minimum atomic E-state index is -3.68. The van der Waals surface area contributed by atoms with E-state index < -0.39 is 16.1 Å². The molecule has 1 aliphatic rings. The van der Waals surface area contributed by atoms with Gasteiger partial charge in [-0.05, 0) is 36.4 Å². The predicted molar refractivity (Wildman–Crippen MR) is 110 cm³/mol. The lowest BCUT2D eigenvalue weighted by Crippen LogP contribution is -2.42. The second-order valence-electron chi connectivity index (χ2n) is 6.56. The topological polar surface area (TPSA) is 104 Å². The highest BCUT2D eigenvalue weighted by molar-refractivity contribution is 7.91. The van der Waals surface area contributed by atoms with Crippen LogP contribution in [-0.2, 0) is 14.8 Å². The number of thiophene rings is 1. The summed E-state index contributed by atoms with van der Waals surface area (Å²) in [6, 6.07) is 11.6. The van der Waals surface area contributed by atoms with E-state index in [0.29, 0.717) is 36.6 Å². The van der Waals surface area contributed by atoms with Crippen LogP contribution in [0, 0.1) is 0 Å². The molecule has 1 saturated heterocycles. The molecule has 3 heterocycles. The zero-order chi connectivity index (χ0) is 20.4. The van der Waals surface area contributed by atoms with Gasteiger partial charge in [-0.15, -0.1) is 11.3 Å². The first-order valence-corrected chi connectivity index (χ1v) is 11.4. The summed E-state index contributed by atoms with van der Waals surface area (Å²) in [6.07, 6.45) is 1.11. The summed E-state index contributed by atoms with van der Waals surface area (Å²) in [5, 5.41) is 11.5. The van der Waals surface area contributed by atoms with Gasteiger partial charge in [0.15, 0.2) is 5.82 Å². The third-order valence-electron chi connectivity index (χ3n) is 4.79. The molecule has 2 N–H and O–H groups in total. The van der Waals surface area contributed by atoms with Gasteiger partial charge in [0.1, 0.15) is 16.0 Å². The Labute approximate surface area is 172 Å². The number of hydrogen-bond donors (Lipinski definition) is 2. The largest absolute Gasteiger partial charge is 0.496 e. The Bertz CT molecular complexity index is 1110. The van der Waals surface area contributed by atoms with E-state index in [4.69, 9.17) is 4.74 Å². The smallest absolute Gasteiger partial charge is 0.253 e. The lowest BCUT2D eigenvalue weighted by Gasteiger charge is -2.22. The molecule has 2 aromatic heterocycles. The van der Waals surface area contributed by atoms with Gasteiger partial charge in [0, 0.05) is 18.2 Å². The van der Waals surface area contributed by atoms with E-state index in [-0.39, 0.29) is 10.1 Å². The summed E-state index contributed by atoms with van der Waals surface area (Å²) in [5.41, 5.74) is 1.50. The number of methoxy groups -OCH3 is 1. The molecule has 1 aromatic carbocycles. The number of aromatic nitrogens is 2. The Morgan fingerprint density at radius 2 is 2.14 bits per heavy atom. The fraction of sp³-hybridized carbons (Fsp3) is 0.263. The van der Waals surface area contributed by atoms with Crippen molar-refractivity contribution in [1.29, 1.82) is 0 Å². The molecular weight excluding hydrogens is 412 g/mol. The maximum absolute atomic E-state index is 12.8. The standard InChI is InChI=1S/C19H20N4O4S2/c1-27-16-8-3-2-6-13(16)14-12-17(22-21-14)20-19(24)15-7-4-10-23(15)29(25,26)18-9-5-11-28-18/h2-3,5-6,8-9,11-12,15H,4,7,10H2,1H3,(H2,20,21,22,24). The number of ether oxygens (including phenoxy) is 1. The molecular formula is C19H20N4O4S2. The molecule has 0 bridgehead atoms.